The molecule has 1 aliphatic carbocycles. The second kappa shape index (κ2) is 6.38. The van der Waals surface area contributed by atoms with Gasteiger partial charge in [0.25, 0.3) is 0 Å². The van der Waals surface area contributed by atoms with Crippen LogP contribution in [-0.4, -0.2) is 18.6 Å². The van der Waals surface area contributed by atoms with Crippen LogP contribution in [0.15, 0.2) is 11.4 Å². The molecule has 0 radical (unpaired) electrons. The van der Waals surface area contributed by atoms with Crippen molar-refractivity contribution in [1.29, 1.82) is 0 Å². The summed E-state index contributed by atoms with van der Waals surface area (Å²) in [6.45, 7) is 4.53. The van der Waals surface area contributed by atoms with Crippen LogP contribution < -0.4 is 10.6 Å². The first-order valence-electron chi connectivity index (χ1n) is 7.84. The lowest BCUT2D eigenvalue weighted by Gasteiger charge is -2.36. The molecule has 2 heterocycles. The van der Waals surface area contributed by atoms with Crippen molar-refractivity contribution in [3.05, 3.63) is 21.9 Å². The van der Waals surface area contributed by atoms with Crippen molar-refractivity contribution in [3.63, 3.8) is 0 Å². The van der Waals surface area contributed by atoms with Gasteiger partial charge in [0.05, 0.1) is 0 Å². The summed E-state index contributed by atoms with van der Waals surface area (Å²) < 4.78 is 0. The van der Waals surface area contributed by atoms with Crippen LogP contribution in [-0.2, 0) is 6.54 Å². The molecule has 3 atom stereocenters. The van der Waals surface area contributed by atoms with Crippen molar-refractivity contribution in [1.82, 2.24) is 10.6 Å². The quantitative estimate of drug-likeness (QED) is 0.881. The molecular formula is C16H26N2S. The summed E-state index contributed by atoms with van der Waals surface area (Å²) in [4.78, 5) is 1.52. The average molecular weight is 278 g/mol. The number of nitrogens with one attached hydrogen (secondary N) is 2. The van der Waals surface area contributed by atoms with Gasteiger partial charge in [-0.15, -0.1) is 11.3 Å². The summed E-state index contributed by atoms with van der Waals surface area (Å²) >= 11 is 1.89. The van der Waals surface area contributed by atoms with Crippen LogP contribution in [0.25, 0.3) is 0 Å². The standard InChI is InChI=1S/C16H26N2S/c1-12-8-10-19-16(12)11-18-15-6-3-2-5-13(15)14-7-4-9-17-14/h8,10,13-15,17-18H,2-7,9,11H2,1H3. The van der Waals surface area contributed by atoms with Crippen molar-refractivity contribution in [3.8, 4) is 0 Å². The monoisotopic (exact) mass is 278 g/mol. The second-order valence-corrected chi connectivity index (χ2v) is 7.17. The van der Waals surface area contributed by atoms with Gasteiger partial charge >= 0.3 is 0 Å². The lowest BCUT2D eigenvalue weighted by molar-refractivity contribution is 0.214. The molecule has 0 amide bonds. The van der Waals surface area contributed by atoms with Crippen LogP contribution in [0.1, 0.15) is 49.0 Å². The van der Waals surface area contributed by atoms with E-state index in [-0.39, 0.29) is 0 Å². The first-order valence-corrected chi connectivity index (χ1v) is 8.72. The summed E-state index contributed by atoms with van der Waals surface area (Å²) in [5.74, 6) is 0.858. The molecule has 3 unspecified atom stereocenters. The number of aryl methyl sites for hydroxylation is 1. The Morgan fingerprint density at radius 2 is 2.16 bits per heavy atom. The Bertz CT molecular complexity index is 395. The first kappa shape index (κ1) is 13.6. The molecule has 1 aliphatic heterocycles. The van der Waals surface area contributed by atoms with Gasteiger partial charge < -0.3 is 10.6 Å². The topological polar surface area (TPSA) is 24.1 Å². The number of hydrogen-bond donors (Lipinski definition) is 2. The van der Waals surface area contributed by atoms with Crippen molar-refractivity contribution < 1.29 is 0 Å². The average Bonchev–Trinajstić information content (AvgIpc) is 3.08. The molecule has 3 rings (SSSR count). The van der Waals surface area contributed by atoms with Crippen LogP contribution >= 0.6 is 11.3 Å². The summed E-state index contributed by atoms with van der Waals surface area (Å²) in [6.07, 6.45) is 8.38. The van der Waals surface area contributed by atoms with Gasteiger partial charge in [0.2, 0.25) is 0 Å². The highest BCUT2D eigenvalue weighted by atomic mass is 32.1. The van der Waals surface area contributed by atoms with E-state index < -0.39 is 0 Å². The molecule has 2 nitrogen and oxygen atoms in total. The molecule has 0 bridgehead atoms. The maximum absolute atomic E-state index is 3.86. The Morgan fingerprint density at radius 1 is 1.26 bits per heavy atom. The fraction of sp³-hybridized carbons (Fsp3) is 0.750. The molecule has 2 fully saturated rings. The minimum atomic E-state index is 0.728. The lowest BCUT2D eigenvalue weighted by atomic mass is 9.79. The zero-order chi connectivity index (χ0) is 13.1. The number of rotatable bonds is 4. The van der Waals surface area contributed by atoms with Crippen LogP contribution in [0.4, 0.5) is 0 Å². The van der Waals surface area contributed by atoms with E-state index in [4.69, 9.17) is 0 Å². The Labute approximate surface area is 121 Å². The lowest BCUT2D eigenvalue weighted by Crippen LogP contribution is -2.46. The highest BCUT2D eigenvalue weighted by molar-refractivity contribution is 7.10. The third-order valence-corrected chi connectivity index (χ3v) is 5.95. The van der Waals surface area contributed by atoms with Gasteiger partial charge in [-0.05, 0) is 62.1 Å². The van der Waals surface area contributed by atoms with Crippen LogP contribution in [0.5, 0.6) is 0 Å². The van der Waals surface area contributed by atoms with Gasteiger partial charge in [-0.25, -0.2) is 0 Å². The summed E-state index contributed by atoms with van der Waals surface area (Å²) in [5, 5.41) is 9.80. The van der Waals surface area contributed by atoms with E-state index in [0.717, 1.165) is 24.5 Å². The highest BCUT2D eigenvalue weighted by Crippen LogP contribution is 2.31. The molecule has 1 aromatic heterocycles. The molecule has 2 aliphatic rings. The predicted molar refractivity (Wildman–Crippen MR) is 82.7 cm³/mol. The number of hydrogen-bond acceptors (Lipinski definition) is 3. The zero-order valence-corrected chi connectivity index (χ0v) is 12.8. The number of thiophene rings is 1. The molecule has 1 saturated carbocycles. The second-order valence-electron chi connectivity index (χ2n) is 6.17. The third-order valence-electron chi connectivity index (χ3n) is 4.93. The maximum Gasteiger partial charge on any atom is 0.0305 e. The van der Waals surface area contributed by atoms with E-state index in [1.165, 1.54) is 55.5 Å². The normalized spacial score (nSPS) is 31.7. The zero-order valence-electron chi connectivity index (χ0n) is 12.0. The highest BCUT2D eigenvalue weighted by Gasteiger charge is 2.32. The van der Waals surface area contributed by atoms with Gasteiger partial charge in [-0.2, -0.15) is 0 Å². The minimum absolute atomic E-state index is 0.728. The Hall–Kier alpha value is -0.380. The minimum Gasteiger partial charge on any atom is -0.314 e. The van der Waals surface area contributed by atoms with Gasteiger partial charge in [0.15, 0.2) is 0 Å². The Morgan fingerprint density at radius 3 is 2.89 bits per heavy atom. The molecule has 0 aromatic carbocycles. The van der Waals surface area contributed by atoms with E-state index in [2.05, 4.69) is 29.0 Å². The van der Waals surface area contributed by atoms with Crippen molar-refractivity contribution >= 4 is 11.3 Å². The van der Waals surface area contributed by atoms with E-state index in [1.807, 2.05) is 11.3 Å². The van der Waals surface area contributed by atoms with Crippen molar-refractivity contribution in [2.45, 2.75) is 64.1 Å². The van der Waals surface area contributed by atoms with Crippen LogP contribution in [0.3, 0.4) is 0 Å². The Balaban J connectivity index is 1.59. The SMILES string of the molecule is Cc1ccsc1CNC1CCCCC1C1CCCN1. The molecule has 0 spiro atoms. The molecule has 3 heteroatoms. The fourth-order valence-electron chi connectivity index (χ4n) is 3.78. The molecular weight excluding hydrogens is 252 g/mol. The molecule has 1 saturated heterocycles. The van der Waals surface area contributed by atoms with Crippen molar-refractivity contribution in [2.75, 3.05) is 6.54 Å². The summed E-state index contributed by atoms with van der Waals surface area (Å²) in [5.41, 5.74) is 1.45. The van der Waals surface area contributed by atoms with Crippen LogP contribution in [0.2, 0.25) is 0 Å². The molecule has 106 valence electrons. The molecule has 19 heavy (non-hydrogen) atoms. The van der Waals surface area contributed by atoms with Gasteiger partial charge in [-0.1, -0.05) is 12.8 Å². The summed E-state index contributed by atoms with van der Waals surface area (Å²) in [7, 11) is 0. The van der Waals surface area contributed by atoms with Gasteiger partial charge in [-0.3, -0.25) is 0 Å². The first-order chi connectivity index (χ1) is 9.34. The predicted octanol–water partition coefficient (Wildman–Crippen LogP) is 3.46. The van der Waals surface area contributed by atoms with E-state index in [0.29, 0.717) is 0 Å². The van der Waals surface area contributed by atoms with Gasteiger partial charge in [0.1, 0.15) is 0 Å². The Kier molecular flexibility index (Phi) is 4.57. The maximum atomic E-state index is 3.86. The largest absolute Gasteiger partial charge is 0.314 e. The molecule has 1 aromatic rings. The van der Waals surface area contributed by atoms with Crippen LogP contribution in [0, 0.1) is 12.8 Å². The summed E-state index contributed by atoms with van der Waals surface area (Å²) in [6, 6.07) is 3.74. The smallest absolute Gasteiger partial charge is 0.0305 e. The van der Waals surface area contributed by atoms with Gasteiger partial charge in [0, 0.05) is 23.5 Å². The van der Waals surface area contributed by atoms with Crippen molar-refractivity contribution in [2.24, 2.45) is 5.92 Å². The van der Waals surface area contributed by atoms with E-state index in [9.17, 15) is 0 Å². The third kappa shape index (κ3) is 3.21. The molecule has 2 N–H and O–H groups in total. The van der Waals surface area contributed by atoms with E-state index >= 15 is 0 Å². The fourth-order valence-corrected chi connectivity index (χ4v) is 4.64. The van der Waals surface area contributed by atoms with E-state index in [1.54, 1.807) is 0 Å².